The second-order valence-electron chi connectivity index (χ2n) is 6.75. The van der Waals surface area contributed by atoms with Crippen molar-refractivity contribution in [1.82, 2.24) is 20.5 Å². The first-order valence-electron chi connectivity index (χ1n) is 9.53. The minimum Gasteiger partial charge on any atom is -0.497 e. The normalized spacial score (nSPS) is 11.6. The number of methoxy groups -OCH3 is 2. The molecule has 8 heteroatoms. The number of aryl methyl sites for hydroxylation is 1. The third-order valence-electron chi connectivity index (χ3n) is 4.66. The smallest absolute Gasteiger partial charge is 0.273 e. The van der Waals surface area contributed by atoms with Crippen molar-refractivity contribution < 1.29 is 14.3 Å². The van der Waals surface area contributed by atoms with Gasteiger partial charge in [-0.25, -0.2) is 0 Å². The van der Waals surface area contributed by atoms with Crippen LogP contribution in [0.15, 0.2) is 53.3 Å². The van der Waals surface area contributed by atoms with Crippen LogP contribution in [0.25, 0.3) is 11.4 Å². The molecule has 0 saturated heterocycles. The lowest BCUT2D eigenvalue weighted by Gasteiger charge is -2.14. The van der Waals surface area contributed by atoms with Crippen LogP contribution in [0.5, 0.6) is 11.5 Å². The van der Waals surface area contributed by atoms with E-state index in [1.165, 1.54) is 0 Å². The molecule has 0 aliphatic rings. The standard InChI is InChI=1S/C22H24N4O4/c1-14(15-7-5-4-6-8-15)23-20(27)10-9-19-22(28)24-21(26-25-19)16-11-17(29-2)13-18(12-16)30-3/h4-8,11-14H,9-10H2,1-3H3,(H,23,27)(H,24,26,28)/t14-/m1/s1. The Morgan fingerprint density at radius 3 is 2.33 bits per heavy atom. The van der Waals surface area contributed by atoms with Crippen molar-refractivity contribution in [3.63, 3.8) is 0 Å². The molecule has 156 valence electrons. The van der Waals surface area contributed by atoms with E-state index in [-0.39, 0.29) is 36.0 Å². The number of nitrogens with one attached hydrogen (secondary N) is 2. The highest BCUT2D eigenvalue weighted by molar-refractivity contribution is 5.76. The summed E-state index contributed by atoms with van der Waals surface area (Å²) in [5.41, 5.74) is 1.44. The third-order valence-corrected chi connectivity index (χ3v) is 4.66. The number of carbonyl (C=O) groups excluding carboxylic acids is 1. The lowest BCUT2D eigenvalue weighted by atomic mass is 10.1. The second kappa shape index (κ2) is 9.69. The summed E-state index contributed by atoms with van der Waals surface area (Å²) in [5.74, 6) is 1.28. The lowest BCUT2D eigenvalue weighted by Crippen LogP contribution is -2.28. The topological polar surface area (TPSA) is 106 Å². The van der Waals surface area contributed by atoms with Crippen LogP contribution in [0.2, 0.25) is 0 Å². The molecule has 2 aromatic carbocycles. The molecule has 0 fully saturated rings. The van der Waals surface area contributed by atoms with Crippen LogP contribution < -0.4 is 20.3 Å². The minimum atomic E-state index is -0.384. The van der Waals surface area contributed by atoms with Gasteiger partial charge in [-0.15, -0.1) is 10.2 Å². The summed E-state index contributed by atoms with van der Waals surface area (Å²) in [4.78, 5) is 27.4. The molecule has 1 amide bonds. The molecule has 0 saturated carbocycles. The maximum absolute atomic E-state index is 12.4. The SMILES string of the molecule is COc1cc(OC)cc(-c2nnc(CCC(=O)N[C@H](C)c3ccccc3)c(=O)[nH]2)c1. The Hall–Kier alpha value is -3.68. The molecule has 0 aliphatic carbocycles. The zero-order valence-corrected chi connectivity index (χ0v) is 17.1. The van der Waals surface area contributed by atoms with Crippen LogP contribution in [0, 0.1) is 0 Å². The number of carbonyl (C=O) groups is 1. The number of benzene rings is 2. The average Bonchev–Trinajstić information content (AvgIpc) is 2.78. The van der Waals surface area contributed by atoms with Gasteiger partial charge in [0.1, 0.15) is 17.2 Å². The molecule has 8 nitrogen and oxygen atoms in total. The van der Waals surface area contributed by atoms with Crippen LogP contribution in [0.1, 0.15) is 30.6 Å². The van der Waals surface area contributed by atoms with Crippen LogP contribution in [-0.2, 0) is 11.2 Å². The summed E-state index contributed by atoms with van der Waals surface area (Å²) in [6, 6.07) is 14.7. The quantitative estimate of drug-likeness (QED) is 0.594. The van der Waals surface area contributed by atoms with Gasteiger partial charge in [0, 0.05) is 24.5 Å². The molecular weight excluding hydrogens is 384 g/mol. The van der Waals surface area contributed by atoms with Crippen molar-refractivity contribution >= 4 is 5.91 Å². The number of amides is 1. The molecular formula is C22H24N4O4. The van der Waals surface area contributed by atoms with Crippen molar-refractivity contribution in [3.8, 4) is 22.9 Å². The van der Waals surface area contributed by atoms with Crippen molar-refractivity contribution in [2.45, 2.75) is 25.8 Å². The first kappa shape index (κ1) is 21.0. The van der Waals surface area contributed by atoms with Gasteiger partial charge in [-0.2, -0.15) is 0 Å². The number of rotatable bonds is 8. The molecule has 0 radical (unpaired) electrons. The highest BCUT2D eigenvalue weighted by Gasteiger charge is 2.13. The van der Waals surface area contributed by atoms with Gasteiger partial charge in [0.15, 0.2) is 5.82 Å². The minimum absolute atomic E-state index is 0.117. The Morgan fingerprint density at radius 1 is 1.07 bits per heavy atom. The Bertz CT molecular complexity index is 1040. The molecule has 2 N–H and O–H groups in total. The fourth-order valence-electron chi connectivity index (χ4n) is 2.97. The van der Waals surface area contributed by atoms with Crippen LogP contribution >= 0.6 is 0 Å². The summed E-state index contributed by atoms with van der Waals surface area (Å²) in [6.07, 6.45) is 0.332. The first-order valence-corrected chi connectivity index (χ1v) is 9.53. The fraction of sp³-hybridized carbons (Fsp3) is 0.273. The Morgan fingerprint density at radius 2 is 1.73 bits per heavy atom. The molecule has 30 heavy (non-hydrogen) atoms. The van der Waals surface area contributed by atoms with E-state index in [2.05, 4.69) is 20.5 Å². The molecule has 1 aromatic heterocycles. The van der Waals surface area contributed by atoms with Crippen molar-refractivity contribution in [1.29, 1.82) is 0 Å². The number of nitrogens with zero attached hydrogens (tertiary/aromatic N) is 2. The Kier molecular flexibility index (Phi) is 6.79. The summed E-state index contributed by atoms with van der Waals surface area (Å²) < 4.78 is 10.5. The van der Waals surface area contributed by atoms with E-state index in [9.17, 15) is 9.59 Å². The number of H-pyrrole nitrogens is 1. The highest BCUT2D eigenvalue weighted by atomic mass is 16.5. The maximum atomic E-state index is 12.4. The molecule has 0 bridgehead atoms. The van der Waals surface area contributed by atoms with Crippen LogP contribution in [0.3, 0.4) is 0 Å². The zero-order chi connectivity index (χ0) is 21.5. The zero-order valence-electron chi connectivity index (χ0n) is 17.1. The number of hydrogen-bond acceptors (Lipinski definition) is 6. The predicted octanol–water partition coefficient (Wildman–Crippen LogP) is 2.66. The van der Waals surface area contributed by atoms with E-state index >= 15 is 0 Å². The summed E-state index contributed by atoms with van der Waals surface area (Å²) in [7, 11) is 3.08. The van der Waals surface area contributed by atoms with Gasteiger partial charge in [0.2, 0.25) is 5.91 Å². The molecule has 0 spiro atoms. The Balaban J connectivity index is 1.66. The number of hydrogen-bond donors (Lipinski definition) is 2. The van der Waals surface area contributed by atoms with Crippen LogP contribution in [-0.4, -0.2) is 35.3 Å². The lowest BCUT2D eigenvalue weighted by molar-refractivity contribution is -0.121. The van der Waals surface area contributed by atoms with E-state index < -0.39 is 0 Å². The molecule has 0 aliphatic heterocycles. The monoisotopic (exact) mass is 408 g/mol. The van der Waals surface area contributed by atoms with Gasteiger partial charge in [0.25, 0.3) is 5.56 Å². The van der Waals surface area contributed by atoms with E-state index in [1.807, 2.05) is 37.3 Å². The Labute approximate surface area is 174 Å². The summed E-state index contributed by atoms with van der Waals surface area (Å²) in [6.45, 7) is 1.91. The van der Waals surface area contributed by atoms with E-state index in [0.29, 0.717) is 22.9 Å². The number of ether oxygens (including phenoxy) is 2. The van der Waals surface area contributed by atoms with Gasteiger partial charge in [-0.05, 0) is 24.6 Å². The van der Waals surface area contributed by atoms with Crippen molar-refractivity contribution in [3.05, 3.63) is 70.1 Å². The van der Waals surface area contributed by atoms with Gasteiger partial charge in [-0.1, -0.05) is 30.3 Å². The van der Waals surface area contributed by atoms with Gasteiger partial charge in [0.05, 0.1) is 20.3 Å². The van der Waals surface area contributed by atoms with E-state index in [1.54, 1.807) is 32.4 Å². The van der Waals surface area contributed by atoms with Gasteiger partial charge in [-0.3, -0.25) is 9.59 Å². The summed E-state index contributed by atoms with van der Waals surface area (Å²) >= 11 is 0. The van der Waals surface area contributed by atoms with Crippen LogP contribution in [0.4, 0.5) is 0 Å². The molecule has 0 unspecified atom stereocenters. The largest absolute Gasteiger partial charge is 0.497 e. The number of aromatic nitrogens is 3. The molecule has 1 atom stereocenters. The highest BCUT2D eigenvalue weighted by Crippen LogP contribution is 2.27. The molecule has 3 aromatic rings. The molecule has 1 heterocycles. The first-order chi connectivity index (χ1) is 14.5. The third kappa shape index (κ3) is 5.22. The fourth-order valence-corrected chi connectivity index (χ4v) is 2.97. The van der Waals surface area contributed by atoms with Gasteiger partial charge < -0.3 is 19.8 Å². The second-order valence-corrected chi connectivity index (χ2v) is 6.75. The number of aromatic amines is 1. The average molecular weight is 408 g/mol. The van der Waals surface area contributed by atoms with Crippen molar-refractivity contribution in [2.75, 3.05) is 14.2 Å². The van der Waals surface area contributed by atoms with Crippen molar-refractivity contribution in [2.24, 2.45) is 0 Å². The van der Waals surface area contributed by atoms with E-state index in [4.69, 9.17) is 9.47 Å². The predicted molar refractivity (Wildman–Crippen MR) is 113 cm³/mol. The molecule has 3 rings (SSSR count). The van der Waals surface area contributed by atoms with Gasteiger partial charge >= 0.3 is 0 Å². The van der Waals surface area contributed by atoms with E-state index in [0.717, 1.165) is 5.56 Å². The summed E-state index contributed by atoms with van der Waals surface area (Å²) in [5, 5.41) is 11.0. The maximum Gasteiger partial charge on any atom is 0.273 e.